The van der Waals surface area contributed by atoms with Crippen molar-refractivity contribution in [1.29, 1.82) is 0 Å². The number of nitrogens with zero attached hydrogens (tertiary/aromatic N) is 1. The number of hydrogen-bond donors (Lipinski definition) is 2. The molecule has 2 amide bonds. The van der Waals surface area contributed by atoms with Crippen molar-refractivity contribution in [2.24, 2.45) is 11.7 Å². The smallest absolute Gasteiger partial charge is 0.270 e. The van der Waals surface area contributed by atoms with E-state index < -0.39 is 16.7 Å². The van der Waals surface area contributed by atoms with Crippen LogP contribution < -0.4 is 11.1 Å². The molecular weight excluding hydrogens is 354 g/mol. The van der Waals surface area contributed by atoms with E-state index in [1.54, 1.807) is 0 Å². The summed E-state index contributed by atoms with van der Waals surface area (Å²) in [5.74, 6) is -0.490. The number of non-ortho nitro benzene ring substituents is 1. The quantitative estimate of drug-likeness (QED) is 0.616. The summed E-state index contributed by atoms with van der Waals surface area (Å²) in [5, 5.41) is 14.0. The van der Waals surface area contributed by atoms with Crippen molar-refractivity contribution >= 4 is 33.8 Å². The van der Waals surface area contributed by atoms with Crippen molar-refractivity contribution in [3.05, 3.63) is 55.9 Å². The fourth-order valence-electron chi connectivity index (χ4n) is 3.29. The maximum Gasteiger partial charge on any atom is 0.270 e. The van der Waals surface area contributed by atoms with Crippen LogP contribution in [-0.2, 0) is 12.8 Å². The second-order valence-corrected chi connectivity index (χ2v) is 7.46. The number of anilines is 1. The van der Waals surface area contributed by atoms with Gasteiger partial charge >= 0.3 is 0 Å². The summed E-state index contributed by atoms with van der Waals surface area (Å²) < 4.78 is 0. The number of benzene rings is 1. The first-order valence-corrected chi connectivity index (χ1v) is 9.22. The lowest BCUT2D eigenvalue weighted by Crippen LogP contribution is -2.19. The van der Waals surface area contributed by atoms with E-state index in [0.29, 0.717) is 16.5 Å². The van der Waals surface area contributed by atoms with E-state index in [-0.39, 0.29) is 11.3 Å². The standard InChI is InChI=1S/C18H19N3O4S/c1-2-10-6-7-13-14(8-10)26-18(15(13)16(19)22)20-17(23)11-4-3-5-12(9-11)21(24)25/h3-5,9-10H,2,6-8H2,1H3,(H2,19,22)(H,20,23). The third kappa shape index (κ3) is 3.45. The van der Waals surface area contributed by atoms with Gasteiger partial charge in [0.25, 0.3) is 17.5 Å². The van der Waals surface area contributed by atoms with Crippen LogP contribution >= 0.6 is 11.3 Å². The normalized spacial score (nSPS) is 16.0. The van der Waals surface area contributed by atoms with Gasteiger partial charge in [-0.2, -0.15) is 0 Å². The van der Waals surface area contributed by atoms with E-state index in [0.717, 1.165) is 36.1 Å². The van der Waals surface area contributed by atoms with Crippen molar-refractivity contribution in [2.45, 2.75) is 32.6 Å². The van der Waals surface area contributed by atoms with Crippen LogP contribution in [0.4, 0.5) is 10.7 Å². The zero-order chi connectivity index (χ0) is 18.8. The fraction of sp³-hybridized carbons (Fsp3) is 0.333. The number of nitrogens with two attached hydrogens (primary N) is 1. The average Bonchev–Trinajstić information content (AvgIpc) is 2.98. The predicted octanol–water partition coefficient (Wildman–Crippen LogP) is 3.52. The van der Waals surface area contributed by atoms with Gasteiger partial charge in [0, 0.05) is 22.6 Å². The Hall–Kier alpha value is -2.74. The molecule has 1 unspecified atom stereocenters. The van der Waals surface area contributed by atoms with Crippen molar-refractivity contribution in [1.82, 2.24) is 0 Å². The number of nitrogens with one attached hydrogen (secondary N) is 1. The molecule has 3 rings (SSSR count). The molecule has 8 heteroatoms. The van der Waals surface area contributed by atoms with Gasteiger partial charge in [0.2, 0.25) is 0 Å². The maximum atomic E-state index is 12.5. The Labute approximate surface area is 154 Å². The minimum atomic E-state index is -0.563. The molecule has 0 saturated carbocycles. The Bertz CT molecular complexity index is 891. The molecule has 1 aliphatic rings. The van der Waals surface area contributed by atoms with Crippen molar-refractivity contribution in [2.75, 3.05) is 5.32 Å². The number of nitro benzene ring substituents is 1. The lowest BCUT2D eigenvalue weighted by molar-refractivity contribution is -0.384. The summed E-state index contributed by atoms with van der Waals surface area (Å²) in [4.78, 5) is 35.9. The van der Waals surface area contributed by atoms with Gasteiger partial charge in [0.1, 0.15) is 5.00 Å². The summed E-state index contributed by atoms with van der Waals surface area (Å²) in [6, 6.07) is 5.47. The van der Waals surface area contributed by atoms with Crippen molar-refractivity contribution in [3.8, 4) is 0 Å². The Morgan fingerprint density at radius 1 is 1.42 bits per heavy atom. The van der Waals surface area contributed by atoms with Crippen LogP contribution in [0.5, 0.6) is 0 Å². The second kappa shape index (κ2) is 7.25. The Morgan fingerprint density at radius 2 is 2.19 bits per heavy atom. The van der Waals surface area contributed by atoms with Crippen LogP contribution in [-0.4, -0.2) is 16.7 Å². The third-order valence-electron chi connectivity index (χ3n) is 4.74. The first kappa shape index (κ1) is 18.1. The minimum Gasteiger partial charge on any atom is -0.365 e. The van der Waals surface area contributed by atoms with Crippen molar-refractivity contribution < 1.29 is 14.5 Å². The lowest BCUT2D eigenvalue weighted by Gasteiger charge is -2.20. The molecule has 26 heavy (non-hydrogen) atoms. The molecule has 0 spiro atoms. The zero-order valence-electron chi connectivity index (χ0n) is 14.3. The summed E-state index contributed by atoms with van der Waals surface area (Å²) in [6.45, 7) is 2.14. The molecule has 0 bridgehead atoms. The number of primary amides is 1. The molecule has 136 valence electrons. The summed E-state index contributed by atoms with van der Waals surface area (Å²) in [5.41, 5.74) is 6.86. The highest BCUT2D eigenvalue weighted by Crippen LogP contribution is 2.40. The fourth-order valence-corrected chi connectivity index (χ4v) is 4.65. The summed E-state index contributed by atoms with van der Waals surface area (Å²) in [6.07, 6.45) is 3.72. The molecule has 0 fully saturated rings. The molecule has 3 N–H and O–H groups in total. The van der Waals surface area contributed by atoms with Crippen LogP contribution in [0.1, 0.15) is 50.9 Å². The van der Waals surface area contributed by atoms with Crippen molar-refractivity contribution in [3.63, 3.8) is 0 Å². The second-order valence-electron chi connectivity index (χ2n) is 6.35. The first-order valence-electron chi connectivity index (χ1n) is 8.40. The van der Waals surface area contributed by atoms with Gasteiger partial charge < -0.3 is 11.1 Å². The molecule has 0 saturated heterocycles. The number of rotatable bonds is 5. The number of nitro groups is 1. The van der Waals surface area contributed by atoms with Gasteiger partial charge in [-0.25, -0.2) is 0 Å². The zero-order valence-corrected chi connectivity index (χ0v) is 15.1. The molecule has 1 heterocycles. The molecular formula is C18H19N3O4S. The van der Waals surface area contributed by atoms with Gasteiger partial charge in [-0.15, -0.1) is 11.3 Å². The largest absolute Gasteiger partial charge is 0.365 e. The van der Waals surface area contributed by atoms with Gasteiger partial charge in [-0.05, 0) is 36.8 Å². The van der Waals surface area contributed by atoms with E-state index in [9.17, 15) is 19.7 Å². The Balaban J connectivity index is 1.91. The maximum absolute atomic E-state index is 12.5. The molecule has 2 aromatic rings. The van der Waals surface area contributed by atoms with Crippen LogP contribution in [0.2, 0.25) is 0 Å². The van der Waals surface area contributed by atoms with E-state index >= 15 is 0 Å². The number of carbonyl (C=O) groups is 2. The highest BCUT2D eigenvalue weighted by Gasteiger charge is 2.28. The van der Waals surface area contributed by atoms with Gasteiger partial charge in [-0.1, -0.05) is 19.4 Å². The molecule has 1 atom stereocenters. The molecule has 1 aliphatic carbocycles. The Kier molecular flexibility index (Phi) is 5.03. The number of amides is 2. The average molecular weight is 373 g/mol. The molecule has 0 aliphatic heterocycles. The minimum absolute atomic E-state index is 0.160. The number of carbonyl (C=O) groups excluding carboxylic acids is 2. The van der Waals surface area contributed by atoms with Gasteiger partial charge in [0.15, 0.2) is 0 Å². The van der Waals surface area contributed by atoms with E-state index in [4.69, 9.17) is 5.73 Å². The van der Waals surface area contributed by atoms with Crippen LogP contribution in [0.15, 0.2) is 24.3 Å². The summed E-state index contributed by atoms with van der Waals surface area (Å²) >= 11 is 1.38. The lowest BCUT2D eigenvalue weighted by atomic mass is 9.85. The van der Waals surface area contributed by atoms with E-state index in [2.05, 4.69) is 12.2 Å². The topological polar surface area (TPSA) is 115 Å². The predicted molar refractivity (Wildman–Crippen MR) is 99.7 cm³/mol. The number of hydrogen-bond acceptors (Lipinski definition) is 5. The monoisotopic (exact) mass is 373 g/mol. The Morgan fingerprint density at radius 3 is 2.85 bits per heavy atom. The highest BCUT2D eigenvalue weighted by molar-refractivity contribution is 7.17. The van der Waals surface area contributed by atoms with E-state index in [1.165, 1.54) is 35.6 Å². The highest BCUT2D eigenvalue weighted by atomic mass is 32.1. The molecule has 7 nitrogen and oxygen atoms in total. The number of thiophene rings is 1. The number of fused-ring (bicyclic) bond motifs is 1. The third-order valence-corrected chi connectivity index (χ3v) is 5.91. The first-order chi connectivity index (χ1) is 12.4. The SMILES string of the molecule is CCC1CCc2c(sc(NC(=O)c3cccc([N+](=O)[O-])c3)c2C(N)=O)C1. The molecule has 1 aromatic carbocycles. The van der Waals surface area contributed by atoms with Crippen LogP contribution in [0.25, 0.3) is 0 Å². The van der Waals surface area contributed by atoms with E-state index in [1.807, 2.05) is 0 Å². The van der Waals surface area contributed by atoms with Crippen LogP contribution in [0, 0.1) is 16.0 Å². The van der Waals surface area contributed by atoms with Gasteiger partial charge in [-0.3, -0.25) is 19.7 Å². The molecule has 1 aromatic heterocycles. The molecule has 0 radical (unpaired) electrons. The van der Waals surface area contributed by atoms with Crippen LogP contribution in [0.3, 0.4) is 0 Å². The summed E-state index contributed by atoms with van der Waals surface area (Å²) in [7, 11) is 0. The van der Waals surface area contributed by atoms with Gasteiger partial charge in [0.05, 0.1) is 10.5 Å².